The van der Waals surface area contributed by atoms with Crippen molar-refractivity contribution in [3.05, 3.63) is 53.6 Å². The second-order valence-electron chi connectivity index (χ2n) is 7.28. The minimum atomic E-state index is -0.716. The standard InChI is InChI=1S/C22H22F2N2O2S2/c1-14-4-6-17(7-5-14)29-10-8-20(27)26(13-16-3-2-9-28-16)22-25-21-18(24)11-15(23)12-19(21)30-22/h4-7,11-12,16H,2-3,8-10,13H2,1H3. The van der Waals surface area contributed by atoms with Crippen LogP contribution in [0.15, 0.2) is 41.3 Å². The Hall–Kier alpha value is -2.03. The number of hydrogen-bond donors (Lipinski definition) is 0. The van der Waals surface area contributed by atoms with Crippen LogP contribution in [0.1, 0.15) is 24.8 Å². The smallest absolute Gasteiger partial charge is 0.229 e. The number of anilines is 1. The number of amides is 1. The molecular formula is C22H22F2N2O2S2. The molecule has 30 heavy (non-hydrogen) atoms. The zero-order chi connectivity index (χ0) is 21.1. The van der Waals surface area contributed by atoms with Crippen molar-refractivity contribution in [1.82, 2.24) is 4.98 Å². The molecule has 0 N–H and O–H groups in total. The van der Waals surface area contributed by atoms with Gasteiger partial charge in [-0.15, -0.1) is 11.8 Å². The quantitative estimate of drug-likeness (QED) is 0.443. The van der Waals surface area contributed by atoms with Gasteiger partial charge >= 0.3 is 0 Å². The molecule has 1 atom stereocenters. The Balaban J connectivity index is 1.50. The maximum Gasteiger partial charge on any atom is 0.229 e. The van der Waals surface area contributed by atoms with Gasteiger partial charge in [0.25, 0.3) is 0 Å². The van der Waals surface area contributed by atoms with Crippen LogP contribution in [-0.4, -0.2) is 35.9 Å². The molecule has 4 rings (SSSR count). The van der Waals surface area contributed by atoms with Crippen molar-refractivity contribution < 1.29 is 18.3 Å². The van der Waals surface area contributed by atoms with E-state index in [1.807, 2.05) is 31.2 Å². The van der Waals surface area contributed by atoms with E-state index in [2.05, 4.69) is 4.98 Å². The van der Waals surface area contributed by atoms with E-state index in [0.717, 1.165) is 35.1 Å². The summed E-state index contributed by atoms with van der Waals surface area (Å²) >= 11 is 2.75. The van der Waals surface area contributed by atoms with E-state index in [1.54, 1.807) is 16.7 Å². The number of thiazole rings is 1. The molecule has 1 unspecified atom stereocenters. The topological polar surface area (TPSA) is 42.4 Å². The number of benzene rings is 2. The predicted molar refractivity (Wildman–Crippen MR) is 117 cm³/mol. The van der Waals surface area contributed by atoms with Crippen LogP contribution >= 0.6 is 23.1 Å². The molecular weight excluding hydrogens is 426 g/mol. The van der Waals surface area contributed by atoms with E-state index < -0.39 is 11.6 Å². The molecule has 4 nitrogen and oxygen atoms in total. The van der Waals surface area contributed by atoms with Crippen molar-refractivity contribution in [1.29, 1.82) is 0 Å². The second kappa shape index (κ2) is 9.41. The number of aromatic nitrogens is 1. The van der Waals surface area contributed by atoms with Gasteiger partial charge in [-0.2, -0.15) is 0 Å². The number of fused-ring (bicyclic) bond motifs is 1. The van der Waals surface area contributed by atoms with Crippen LogP contribution in [0.25, 0.3) is 10.2 Å². The minimum Gasteiger partial charge on any atom is -0.376 e. The van der Waals surface area contributed by atoms with E-state index in [0.29, 0.717) is 35.2 Å². The van der Waals surface area contributed by atoms with Crippen molar-refractivity contribution in [2.45, 2.75) is 37.2 Å². The van der Waals surface area contributed by atoms with Crippen LogP contribution in [-0.2, 0) is 9.53 Å². The Morgan fingerprint density at radius 1 is 1.30 bits per heavy atom. The maximum absolute atomic E-state index is 14.1. The van der Waals surface area contributed by atoms with Crippen LogP contribution < -0.4 is 4.90 Å². The SMILES string of the molecule is Cc1ccc(SCCC(=O)N(CC2CCCO2)c2nc3c(F)cc(F)cc3s2)cc1. The Kier molecular flexibility index (Phi) is 6.65. The average molecular weight is 449 g/mol. The van der Waals surface area contributed by atoms with Gasteiger partial charge in [-0.1, -0.05) is 29.0 Å². The van der Waals surface area contributed by atoms with Gasteiger partial charge in [-0.3, -0.25) is 9.69 Å². The highest BCUT2D eigenvalue weighted by Crippen LogP contribution is 2.32. The fourth-order valence-electron chi connectivity index (χ4n) is 3.37. The molecule has 0 bridgehead atoms. The highest BCUT2D eigenvalue weighted by Gasteiger charge is 2.26. The number of carbonyl (C=O) groups excluding carboxylic acids is 1. The van der Waals surface area contributed by atoms with Crippen molar-refractivity contribution in [2.75, 3.05) is 23.8 Å². The summed E-state index contributed by atoms with van der Waals surface area (Å²) < 4.78 is 33.8. The number of carbonyl (C=O) groups is 1. The van der Waals surface area contributed by atoms with Gasteiger partial charge in [0.1, 0.15) is 11.3 Å². The van der Waals surface area contributed by atoms with Gasteiger partial charge in [0.15, 0.2) is 10.9 Å². The fraction of sp³-hybridized carbons (Fsp3) is 0.364. The first-order chi connectivity index (χ1) is 14.5. The number of nitrogens with zero attached hydrogens (tertiary/aromatic N) is 2. The fourth-order valence-corrected chi connectivity index (χ4v) is 5.24. The van der Waals surface area contributed by atoms with Crippen LogP contribution in [0.3, 0.4) is 0 Å². The molecule has 1 aliphatic heterocycles. The molecule has 1 fully saturated rings. The summed E-state index contributed by atoms with van der Waals surface area (Å²) in [5, 5.41) is 0.385. The lowest BCUT2D eigenvalue weighted by Gasteiger charge is -2.23. The molecule has 0 saturated carbocycles. The van der Waals surface area contributed by atoms with Crippen molar-refractivity contribution in [3.63, 3.8) is 0 Å². The molecule has 1 aromatic heterocycles. The van der Waals surface area contributed by atoms with Gasteiger partial charge in [0, 0.05) is 29.7 Å². The number of aryl methyl sites for hydroxylation is 1. The number of hydrogen-bond acceptors (Lipinski definition) is 5. The van der Waals surface area contributed by atoms with Crippen LogP contribution in [0.5, 0.6) is 0 Å². The Morgan fingerprint density at radius 2 is 2.10 bits per heavy atom. The van der Waals surface area contributed by atoms with Crippen LogP contribution in [0.2, 0.25) is 0 Å². The molecule has 0 spiro atoms. The summed E-state index contributed by atoms with van der Waals surface area (Å²) in [5.74, 6) is -0.837. The van der Waals surface area contributed by atoms with E-state index in [9.17, 15) is 13.6 Å². The van der Waals surface area contributed by atoms with Gasteiger partial charge < -0.3 is 4.74 Å². The molecule has 0 aliphatic carbocycles. The summed E-state index contributed by atoms with van der Waals surface area (Å²) in [5.41, 5.74) is 1.29. The van der Waals surface area contributed by atoms with E-state index in [1.165, 1.54) is 11.6 Å². The molecule has 0 radical (unpaired) electrons. The van der Waals surface area contributed by atoms with E-state index >= 15 is 0 Å². The van der Waals surface area contributed by atoms with Crippen LogP contribution in [0.4, 0.5) is 13.9 Å². The first-order valence-corrected chi connectivity index (χ1v) is 11.7. The monoisotopic (exact) mass is 448 g/mol. The average Bonchev–Trinajstić information content (AvgIpc) is 3.37. The number of rotatable bonds is 7. The van der Waals surface area contributed by atoms with Gasteiger partial charge in [-0.25, -0.2) is 13.8 Å². The van der Waals surface area contributed by atoms with E-state index in [-0.39, 0.29) is 17.5 Å². The zero-order valence-corrected chi connectivity index (χ0v) is 18.2. The molecule has 2 aromatic carbocycles. The van der Waals surface area contributed by atoms with Crippen LogP contribution in [0, 0.1) is 18.6 Å². The summed E-state index contributed by atoms with van der Waals surface area (Å²) in [6.07, 6.45) is 2.08. The minimum absolute atomic E-state index is 0.0627. The third kappa shape index (κ3) is 4.99. The van der Waals surface area contributed by atoms with Gasteiger partial charge in [0.05, 0.1) is 17.3 Å². The van der Waals surface area contributed by atoms with Gasteiger partial charge in [-0.05, 0) is 38.0 Å². The summed E-state index contributed by atoms with van der Waals surface area (Å²) in [4.78, 5) is 20.1. The first-order valence-electron chi connectivity index (χ1n) is 9.86. The summed E-state index contributed by atoms with van der Waals surface area (Å²) in [6, 6.07) is 10.2. The highest BCUT2D eigenvalue weighted by molar-refractivity contribution is 7.99. The largest absolute Gasteiger partial charge is 0.376 e. The first kappa shape index (κ1) is 21.2. The Bertz CT molecular complexity index is 1030. The van der Waals surface area contributed by atoms with Gasteiger partial charge in [0.2, 0.25) is 5.91 Å². The normalized spacial score (nSPS) is 16.3. The molecule has 2 heterocycles. The Morgan fingerprint density at radius 3 is 2.83 bits per heavy atom. The molecule has 8 heteroatoms. The van der Waals surface area contributed by atoms with E-state index in [4.69, 9.17) is 4.74 Å². The molecule has 3 aromatic rings. The lowest BCUT2D eigenvalue weighted by Crippen LogP contribution is -2.37. The third-order valence-electron chi connectivity index (χ3n) is 4.95. The lowest BCUT2D eigenvalue weighted by atomic mass is 10.2. The predicted octanol–water partition coefficient (Wildman–Crippen LogP) is 5.58. The second-order valence-corrected chi connectivity index (χ2v) is 9.46. The van der Waals surface area contributed by atoms with Crippen molar-refractivity contribution in [2.24, 2.45) is 0 Å². The number of ether oxygens (including phenoxy) is 1. The molecule has 1 saturated heterocycles. The van der Waals surface area contributed by atoms with Crippen molar-refractivity contribution >= 4 is 44.4 Å². The summed E-state index contributed by atoms with van der Waals surface area (Å²) in [6.45, 7) is 3.08. The molecule has 1 aliphatic rings. The zero-order valence-electron chi connectivity index (χ0n) is 16.6. The van der Waals surface area contributed by atoms with Crippen molar-refractivity contribution in [3.8, 4) is 0 Å². The molecule has 1 amide bonds. The number of halogens is 2. The highest BCUT2D eigenvalue weighted by atomic mass is 32.2. The number of thioether (sulfide) groups is 1. The summed E-state index contributed by atoms with van der Waals surface area (Å²) in [7, 11) is 0. The Labute approximate surface area is 182 Å². The molecule has 158 valence electrons. The lowest BCUT2D eigenvalue weighted by molar-refractivity contribution is -0.118. The maximum atomic E-state index is 14.1. The third-order valence-corrected chi connectivity index (χ3v) is 6.99.